The van der Waals surface area contributed by atoms with E-state index in [2.05, 4.69) is 21.9 Å². The summed E-state index contributed by atoms with van der Waals surface area (Å²) in [4.78, 5) is 18.0. The number of rotatable bonds is 4. The molecule has 2 rings (SSSR count). The monoisotopic (exact) mass is 236 g/mol. The van der Waals surface area contributed by atoms with Gasteiger partial charge in [0.1, 0.15) is 17.9 Å². The number of ketones is 1. The molecule has 0 bridgehead atoms. The number of hydrogen-bond acceptors (Lipinski definition) is 4. The molecule has 1 atom stereocenters. The summed E-state index contributed by atoms with van der Waals surface area (Å²) in [5.41, 5.74) is 0. The van der Waals surface area contributed by atoms with Crippen LogP contribution < -0.4 is 0 Å². The molecule has 5 nitrogen and oxygen atoms in total. The Hall–Kier alpha value is -1.23. The molecular formula is C12H20N4O. The van der Waals surface area contributed by atoms with Crippen LogP contribution in [-0.2, 0) is 17.9 Å². The van der Waals surface area contributed by atoms with Gasteiger partial charge in [0.15, 0.2) is 0 Å². The van der Waals surface area contributed by atoms with Crippen molar-refractivity contribution < 1.29 is 4.79 Å². The zero-order chi connectivity index (χ0) is 12.3. The first-order chi connectivity index (χ1) is 8.20. The lowest BCUT2D eigenvalue weighted by atomic mass is 9.99. The normalized spacial score (nSPS) is 22.0. The summed E-state index contributed by atoms with van der Waals surface area (Å²) in [6, 6.07) is 0. The van der Waals surface area contributed by atoms with Crippen molar-refractivity contribution >= 4 is 5.78 Å². The molecule has 94 valence electrons. The summed E-state index contributed by atoms with van der Waals surface area (Å²) in [6.07, 6.45) is 3.35. The van der Waals surface area contributed by atoms with E-state index in [9.17, 15) is 4.79 Å². The van der Waals surface area contributed by atoms with Crippen molar-refractivity contribution in [3.05, 3.63) is 12.2 Å². The minimum absolute atomic E-state index is 0.159. The minimum atomic E-state index is 0.159. The second kappa shape index (κ2) is 5.40. The van der Waals surface area contributed by atoms with Crippen LogP contribution in [0.3, 0.4) is 0 Å². The minimum Gasteiger partial charge on any atom is -0.299 e. The van der Waals surface area contributed by atoms with E-state index in [1.54, 1.807) is 6.33 Å². The number of aryl methyl sites for hydroxylation is 1. The smallest absolute Gasteiger partial charge is 0.141 e. The Balaban J connectivity index is 1.96. The molecular weight excluding hydrogens is 216 g/mol. The first kappa shape index (κ1) is 12.2. The Bertz CT molecular complexity index is 388. The molecule has 1 fully saturated rings. The van der Waals surface area contributed by atoms with Crippen molar-refractivity contribution in [1.82, 2.24) is 19.7 Å². The van der Waals surface area contributed by atoms with E-state index in [0.717, 1.165) is 38.4 Å². The van der Waals surface area contributed by atoms with E-state index in [0.29, 0.717) is 12.2 Å². The second-order valence-corrected chi connectivity index (χ2v) is 4.75. The number of hydrogen-bond donors (Lipinski definition) is 0. The van der Waals surface area contributed by atoms with Crippen molar-refractivity contribution in [2.75, 3.05) is 13.1 Å². The first-order valence-corrected chi connectivity index (χ1v) is 6.32. The fourth-order valence-electron chi connectivity index (χ4n) is 2.25. The van der Waals surface area contributed by atoms with E-state index in [1.165, 1.54) is 0 Å². The summed E-state index contributed by atoms with van der Waals surface area (Å²) >= 11 is 0. The summed E-state index contributed by atoms with van der Waals surface area (Å²) in [7, 11) is 0. The van der Waals surface area contributed by atoms with Gasteiger partial charge in [0.25, 0.3) is 0 Å². The molecule has 0 radical (unpaired) electrons. The molecule has 0 N–H and O–H groups in total. The predicted molar refractivity (Wildman–Crippen MR) is 64.4 cm³/mol. The molecule has 0 spiro atoms. The van der Waals surface area contributed by atoms with Crippen molar-refractivity contribution in [2.24, 2.45) is 5.92 Å². The quantitative estimate of drug-likeness (QED) is 0.785. The highest BCUT2D eigenvalue weighted by atomic mass is 16.1. The van der Waals surface area contributed by atoms with Gasteiger partial charge in [-0.2, -0.15) is 5.10 Å². The summed E-state index contributed by atoms with van der Waals surface area (Å²) < 4.78 is 1.96. The first-order valence-electron chi connectivity index (χ1n) is 6.32. The maximum Gasteiger partial charge on any atom is 0.141 e. The van der Waals surface area contributed by atoms with Gasteiger partial charge in [0, 0.05) is 32.0 Å². The number of nitrogens with zero attached hydrogens (tertiary/aromatic N) is 4. The van der Waals surface area contributed by atoms with Gasteiger partial charge in [0.2, 0.25) is 0 Å². The van der Waals surface area contributed by atoms with Crippen LogP contribution in [-0.4, -0.2) is 38.5 Å². The highest BCUT2D eigenvalue weighted by Crippen LogP contribution is 2.14. The highest BCUT2D eigenvalue weighted by Gasteiger charge is 2.24. The summed E-state index contributed by atoms with van der Waals surface area (Å²) in [6.45, 7) is 7.55. The molecule has 2 heterocycles. The van der Waals surface area contributed by atoms with Crippen LogP contribution in [0.15, 0.2) is 6.33 Å². The van der Waals surface area contributed by atoms with E-state index >= 15 is 0 Å². The number of aromatic nitrogens is 3. The molecule has 0 amide bonds. The van der Waals surface area contributed by atoms with Crippen molar-refractivity contribution in [3.63, 3.8) is 0 Å². The molecule has 1 aliphatic rings. The molecule has 1 saturated heterocycles. The average molecular weight is 236 g/mol. The molecule has 0 aliphatic carbocycles. The fourth-order valence-corrected chi connectivity index (χ4v) is 2.25. The molecule has 1 aromatic heterocycles. The van der Waals surface area contributed by atoms with Crippen LogP contribution in [0.4, 0.5) is 0 Å². The highest BCUT2D eigenvalue weighted by molar-refractivity contribution is 5.81. The van der Waals surface area contributed by atoms with Crippen LogP contribution >= 0.6 is 0 Å². The van der Waals surface area contributed by atoms with Gasteiger partial charge >= 0.3 is 0 Å². The molecule has 1 aromatic rings. The summed E-state index contributed by atoms with van der Waals surface area (Å²) in [5, 5.41) is 4.22. The molecule has 0 saturated carbocycles. The number of carbonyl (C=O) groups is 1. The van der Waals surface area contributed by atoms with E-state index in [4.69, 9.17) is 0 Å². The van der Waals surface area contributed by atoms with Gasteiger partial charge in [-0.15, -0.1) is 0 Å². The Morgan fingerprint density at radius 3 is 3.06 bits per heavy atom. The van der Waals surface area contributed by atoms with Gasteiger partial charge in [0.05, 0.1) is 6.54 Å². The third kappa shape index (κ3) is 2.91. The Kier molecular flexibility index (Phi) is 3.89. The van der Waals surface area contributed by atoms with Crippen molar-refractivity contribution in [1.29, 1.82) is 0 Å². The van der Waals surface area contributed by atoms with Crippen molar-refractivity contribution in [3.8, 4) is 0 Å². The summed E-state index contributed by atoms with van der Waals surface area (Å²) in [5.74, 6) is 1.55. The average Bonchev–Trinajstić information content (AvgIpc) is 2.72. The molecule has 5 heteroatoms. The van der Waals surface area contributed by atoms with E-state index in [-0.39, 0.29) is 5.92 Å². The van der Waals surface area contributed by atoms with Crippen LogP contribution in [0.25, 0.3) is 0 Å². The molecule has 1 unspecified atom stereocenters. The van der Waals surface area contributed by atoms with Gasteiger partial charge in [-0.25, -0.2) is 9.67 Å². The maximum absolute atomic E-state index is 11.5. The zero-order valence-electron chi connectivity index (χ0n) is 10.6. The van der Waals surface area contributed by atoms with Gasteiger partial charge in [-0.1, -0.05) is 13.8 Å². The van der Waals surface area contributed by atoms with Crippen LogP contribution in [0, 0.1) is 5.92 Å². The maximum atomic E-state index is 11.5. The molecule has 0 aromatic carbocycles. The molecule has 1 aliphatic heterocycles. The topological polar surface area (TPSA) is 51.0 Å². The van der Waals surface area contributed by atoms with E-state index < -0.39 is 0 Å². The van der Waals surface area contributed by atoms with Gasteiger partial charge in [-0.05, 0) is 6.42 Å². The fraction of sp³-hybridized carbons (Fsp3) is 0.750. The van der Waals surface area contributed by atoms with Crippen molar-refractivity contribution in [2.45, 2.75) is 39.8 Å². The van der Waals surface area contributed by atoms with Gasteiger partial charge < -0.3 is 0 Å². The third-order valence-electron chi connectivity index (χ3n) is 3.25. The van der Waals surface area contributed by atoms with Gasteiger partial charge in [-0.3, -0.25) is 9.69 Å². The van der Waals surface area contributed by atoms with Crippen LogP contribution in [0.5, 0.6) is 0 Å². The third-order valence-corrected chi connectivity index (χ3v) is 3.25. The zero-order valence-corrected chi connectivity index (χ0v) is 10.6. The SMILES string of the molecule is CCCn1ncnc1CN1CCC(=O)C(C)C1. The largest absolute Gasteiger partial charge is 0.299 e. The Morgan fingerprint density at radius 2 is 2.35 bits per heavy atom. The van der Waals surface area contributed by atoms with Crippen LogP contribution in [0.1, 0.15) is 32.5 Å². The number of Topliss-reactive ketones (excluding diaryl/α,β-unsaturated/α-hetero) is 1. The lowest BCUT2D eigenvalue weighted by molar-refractivity contribution is -0.125. The predicted octanol–water partition coefficient (Wildman–Crippen LogP) is 1.10. The Morgan fingerprint density at radius 1 is 1.53 bits per heavy atom. The Labute approximate surface area is 102 Å². The lowest BCUT2D eigenvalue weighted by Gasteiger charge is -2.29. The van der Waals surface area contributed by atoms with E-state index in [1.807, 2.05) is 11.6 Å². The molecule has 17 heavy (non-hydrogen) atoms. The standard InChI is InChI=1S/C12H20N4O/c1-3-5-16-12(13-9-14-16)8-15-6-4-11(17)10(2)7-15/h9-10H,3-8H2,1-2H3. The number of carbonyl (C=O) groups excluding carboxylic acids is 1. The number of likely N-dealkylation sites (tertiary alicyclic amines) is 1. The lowest BCUT2D eigenvalue weighted by Crippen LogP contribution is -2.39. The number of piperidine rings is 1. The van der Waals surface area contributed by atoms with Crippen LogP contribution in [0.2, 0.25) is 0 Å². The second-order valence-electron chi connectivity index (χ2n) is 4.75.